The van der Waals surface area contributed by atoms with Gasteiger partial charge in [-0.1, -0.05) is 70.8 Å². The van der Waals surface area contributed by atoms with Crippen molar-refractivity contribution in [3.05, 3.63) is 11.6 Å². The van der Waals surface area contributed by atoms with Crippen molar-refractivity contribution in [3.8, 4) is 0 Å². The Morgan fingerprint density at radius 3 is 2.00 bits per heavy atom. The van der Waals surface area contributed by atoms with Crippen LogP contribution in [0, 0.1) is 0 Å². The number of carboxylic acids is 1. The molecule has 2 unspecified atom stereocenters. The highest BCUT2D eigenvalue weighted by Gasteiger charge is 2.36. The molecule has 1 fully saturated rings. The van der Waals surface area contributed by atoms with Crippen LogP contribution >= 0.6 is 0 Å². The maximum atomic E-state index is 10.6. The second kappa shape index (κ2) is 12.6. The van der Waals surface area contributed by atoms with Gasteiger partial charge >= 0.3 is 5.97 Å². The summed E-state index contributed by atoms with van der Waals surface area (Å²) >= 11 is 0. The molecule has 0 radical (unpaired) electrons. The van der Waals surface area contributed by atoms with Crippen molar-refractivity contribution in [2.24, 2.45) is 0 Å². The molecule has 0 aromatic rings. The molecule has 0 bridgehead atoms. The van der Waals surface area contributed by atoms with Crippen LogP contribution in [0.4, 0.5) is 0 Å². The van der Waals surface area contributed by atoms with Gasteiger partial charge in [-0.3, -0.25) is 0 Å². The molecule has 0 amide bonds. The van der Waals surface area contributed by atoms with Gasteiger partial charge in [0.15, 0.2) is 0 Å². The molecule has 1 heterocycles. The lowest BCUT2D eigenvalue weighted by Crippen LogP contribution is -1.95. The third kappa shape index (κ3) is 10.5. The van der Waals surface area contributed by atoms with Crippen LogP contribution in [0.15, 0.2) is 11.6 Å². The first-order valence-corrected chi connectivity index (χ1v) is 9.70. The van der Waals surface area contributed by atoms with Crippen molar-refractivity contribution >= 4 is 5.97 Å². The highest BCUT2D eigenvalue weighted by Crippen LogP contribution is 2.31. The van der Waals surface area contributed by atoms with E-state index in [0.717, 1.165) is 12.8 Å². The second-order valence-corrected chi connectivity index (χ2v) is 6.95. The third-order valence-electron chi connectivity index (χ3n) is 4.76. The molecule has 0 aliphatic carbocycles. The smallest absolute Gasteiger partial charge is 0.330 e. The predicted octanol–water partition coefficient (Wildman–Crippen LogP) is 5.88. The van der Waals surface area contributed by atoms with E-state index in [9.17, 15) is 4.79 Å². The summed E-state index contributed by atoms with van der Waals surface area (Å²) in [5, 5.41) is 8.74. The quantitative estimate of drug-likeness (QED) is 0.232. The fourth-order valence-corrected chi connectivity index (χ4v) is 3.06. The molecule has 0 spiro atoms. The Bertz CT molecular complexity index is 349. The fourth-order valence-electron chi connectivity index (χ4n) is 3.06. The Balaban J connectivity index is 1.79. The first-order chi connectivity index (χ1) is 11.1. The molecule has 1 saturated heterocycles. The number of hydrogen-bond acceptors (Lipinski definition) is 2. The molecule has 2 atom stereocenters. The van der Waals surface area contributed by atoms with E-state index in [-0.39, 0.29) is 0 Å². The number of epoxide rings is 1. The monoisotopic (exact) mass is 324 g/mol. The standard InChI is InChI=1S/C20H36O3/c1-3-4-11-15-18-19(23-18)16-13-10-8-6-5-7-9-12-14-17(2)20(21)22/h14,18-19H,3-13,15-16H2,1-2H3,(H,21,22)/b17-14+. The largest absolute Gasteiger partial charge is 0.478 e. The number of ether oxygens (including phenoxy) is 1. The van der Waals surface area contributed by atoms with Gasteiger partial charge in [-0.05, 0) is 32.6 Å². The van der Waals surface area contributed by atoms with Gasteiger partial charge in [0.25, 0.3) is 0 Å². The number of carboxylic acid groups (broad SMARTS) is 1. The first-order valence-electron chi connectivity index (χ1n) is 9.70. The van der Waals surface area contributed by atoms with E-state index in [4.69, 9.17) is 9.84 Å². The molecule has 23 heavy (non-hydrogen) atoms. The van der Waals surface area contributed by atoms with Gasteiger partial charge in [-0.15, -0.1) is 0 Å². The number of carbonyl (C=O) groups is 1. The van der Waals surface area contributed by atoms with Crippen LogP contribution in [0.3, 0.4) is 0 Å². The topological polar surface area (TPSA) is 49.8 Å². The van der Waals surface area contributed by atoms with Crippen molar-refractivity contribution in [1.29, 1.82) is 0 Å². The minimum atomic E-state index is -0.794. The van der Waals surface area contributed by atoms with E-state index >= 15 is 0 Å². The van der Waals surface area contributed by atoms with E-state index in [1.807, 2.05) is 6.08 Å². The molecule has 0 aromatic carbocycles. The van der Waals surface area contributed by atoms with E-state index in [0.29, 0.717) is 17.8 Å². The zero-order valence-corrected chi connectivity index (χ0v) is 15.2. The van der Waals surface area contributed by atoms with Crippen LogP contribution in [-0.2, 0) is 9.53 Å². The average Bonchev–Trinajstić information content (AvgIpc) is 3.27. The summed E-state index contributed by atoms with van der Waals surface area (Å²) in [5.74, 6) is -0.794. The molecule has 1 N–H and O–H groups in total. The summed E-state index contributed by atoms with van der Waals surface area (Å²) in [7, 11) is 0. The number of aliphatic carboxylic acids is 1. The van der Waals surface area contributed by atoms with Gasteiger partial charge in [0.05, 0.1) is 12.2 Å². The summed E-state index contributed by atoms with van der Waals surface area (Å²) in [5.41, 5.74) is 0.472. The second-order valence-electron chi connectivity index (χ2n) is 6.95. The maximum absolute atomic E-state index is 10.6. The number of unbranched alkanes of at least 4 members (excludes halogenated alkanes) is 9. The van der Waals surface area contributed by atoms with Crippen molar-refractivity contribution in [2.75, 3.05) is 0 Å². The molecular formula is C20H36O3. The van der Waals surface area contributed by atoms with Gasteiger partial charge in [0.1, 0.15) is 0 Å². The summed E-state index contributed by atoms with van der Waals surface area (Å²) in [6.45, 7) is 3.92. The van der Waals surface area contributed by atoms with Gasteiger partial charge in [0, 0.05) is 5.57 Å². The lowest BCUT2D eigenvalue weighted by Gasteiger charge is -2.01. The molecule has 3 nitrogen and oxygen atoms in total. The summed E-state index contributed by atoms with van der Waals surface area (Å²) in [4.78, 5) is 10.6. The van der Waals surface area contributed by atoms with Gasteiger partial charge in [0.2, 0.25) is 0 Å². The normalized spacial score (nSPS) is 20.7. The predicted molar refractivity (Wildman–Crippen MR) is 95.7 cm³/mol. The molecule has 0 saturated carbocycles. The zero-order chi connectivity index (χ0) is 16.9. The molecule has 134 valence electrons. The number of allylic oxidation sites excluding steroid dienone is 1. The summed E-state index contributed by atoms with van der Waals surface area (Å²) in [6.07, 6.45) is 19.3. The van der Waals surface area contributed by atoms with Gasteiger partial charge in [-0.25, -0.2) is 4.79 Å². The molecule has 0 aromatic heterocycles. The Hall–Kier alpha value is -0.830. The average molecular weight is 325 g/mol. The van der Waals surface area contributed by atoms with Crippen molar-refractivity contribution in [3.63, 3.8) is 0 Å². The van der Waals surface area contributed by atoms with E-state index in [1.165, 1.54) is 70.6 Å². The minimum Gasteiger partial charge on any atom is -0.478 e. The third-order valence-corrected chi connectivity index (χ3v) is 4.76. The number of hydrogen-bond donors (Lipinski definition) is 1. The van der Waals surface area contributed by atoms with E-state index in [2.05, 4.69) is 6.92 Å². The Labute approximate surface area is 142 Å². The zero-order valence-electron chi connectivity index (χ0n) is 15.2. The van der Waals surface area contributed by atoms with Crippen LogP contribution in [0.5, 0.6) is 0 Å². The highest BCUT2D eigenvalue weighted by molar-refractivity contribution is 5.85. The van der Waals surface area contributed by atoms with Crippen molar-refractivity contribution in [1.82, 2.24) is 0 Å². The number of rotatable bonds is 15. The lowest BCUT2D eigenvalue weighted by atomic mass is 10.0. The SMILES string of the molecule is CCCCCC1OC1CCCCCCCCC/C=C(\C)C(=O)O. The highest BCUT2D eigenvalue weighted by atomic mass is 16.6. The molecule has 3 heteroatoms. The molecule has 1 aliphatic rings. The Kier molecular flexibility index (Phi) is 11.1. The van der Waals surface area contributed by atoms with Crippen LogP contribution in [0.25, 0.3) is 0 Å². The minimum absolute atomic E-state index is 0.472. The van der Waals surface area contributed by atoms with Crippen molar-refractivity contribution < 1.29 is 14.6 Å². The van der Waals surface area contributed by atoms with E-state index < -0.39 is 5.97 Å². The van der Waals surface area contributed by atoms with Crippen LogP contribution in [0.2, 0.25) is 0 Å². The fraction of sp³-hybridized carbons (Fsp3) is 0.850. The summed E-state index contributed by atoms with van der Waals surface area (Å²) in [6, 6.07) is 0. The maximum Gasteiger partial charge on any atom is 0.330 e. The van der Waals surface area contributed by atoms with Gasteiger partial charge in [-0.2, -0.15) is 0 Å². The summed E-state index contributed by atoms with van der Waals surface area (Å²) < 4.78 is 5.72. The van der Waals surface area contributed by atoms with Crippen LogP contribution in [-0.4, -0.2) is 23.3 Å². The lowest BCUT2D eigenvalue weighted by molar-refractivity contribution is -0.132. The molecular weight excluding hydrogens is 288 g/mol. The Morgan fingerprint density at radius 1 is 0.913 bits per heavy atom. The molecule has 1 rings (SSSR count). The van der Waals surface area contributed by atoms with Crippen LogP contribution < -0.4 is 0 Å². The van der Waals surface area contributed by atoms with Crippen molar-refractivity contribution in [2.45, 2.75) is 110 Å². The molecule has 1 aliphatic heterocycles. The van der Waals surface area contributed by atoms with Crippen LogP contribution in [0.1, 0.15) is 97.3 Å². The van der Waals surface area contributed by atoms with Gasteiger partial charge < -0.3 is 9.84 Å². The first kappa shape index (κ1) is 20.2. The Morgan fingerprint density at radius 2 is 1.43 bits per heavy atom. The van der Waals surface area contributed by atoms with E-state index in [1.54, 1.807) is 6.92 Å².